The molecule has 0 spiro atoms. The van der Waals surface area contributed by atoms with Gasteiger partial charge in [0.2, 0.25) is 0 Å². The number of rotatable bonds is 5. The summed E-state index contributed by atoms with van der Waals surface area (Å²) in [6.45, 7) is 8.35. The number of hydrogen-bond acceptors (Lipinski definition) is 2. The molecule has 1 rings (SSSR count). The van der Waals surface area contributed by atoms with E-state index in [0.717, 1.165) is 18.9 Å². The van der Waals surface area contributed by atoms with Gasteiger partial charge in [0, 0.05) is 12.6 Å². The van der Waals surface area contributed by atoms with Crippen molar-refractivity contribution in [3.63, 3.8) is 0 Å². The molecule has 2 heteroatoms. The van der Waals surface area contributed by atoms with Crippen molar-refractivity contribution in [2.24, 2.45) is 11.3 Å². The van der Waals surface area contributed by atoms with Crippen molar-refractivity contribution in [2.45, 2.75) is 58.9 Å². The monoisotopic (exact) mass is 213 g/mol. The normalized spacial score (nSPS) is 24.0. The number of hydrogen-bond donors (Lipinski definition) is 2. The van der Waals surface area contributed by atoms with Gasteiger partial charge in [0.15, 0.2) is 0 Å². The average molecular weight is 213 g/mol. The van der Waals surface area contributed by atoms with Gasteiger partial charge in [-0.25, -0.2) is 0 Å². The number of aliphatic hydroxyl groups excluding tert-OH is 1. The maximum atomic E-state index is 8.80. The molecule has 0 aromatic carbocycles. The molecule has 0 aromatic rings. The summed E-state index contributed by atoms with van der Waals surface area (Å²) in [6, 6.07) is 0.463. The molecule has 0 heterocycles. The first kappa shape index (κ1) is 13.0. The Balaban J connectivity index is 2.13. The maximum absolute atomic E-state index is 8.80. The zero-order valence-electron chi connectivity index (χ0n) is 10.6. The second-order valence-electron chi connectivity index (χ2n) is 5.93. The standard InChI is InChI=1S/C13H27NO/c1-11(6-9-15)14-10-12-4-7-13(2,3)8-5-12/h11-12,14-15H,4-10H2,1-3H3. The van der Waals surface area contributed by atoms with Crippen LogP contribution in [0.2, 0.25) is 0 Å². The molecule has 0 bridgehead atoms. The lowest BCUT2D eigenvalue weighted by Crippen LogP contribution is -2.34. The quantitative estimate of drug-likeness (QED) is 0.735. The molecular weight excluding hydrogens is 186 g/mol. The molecule has 1 fully saturated rings. The third kappa shape index (κ3) is 4.98. The van der Waals surface area contributed by atoms with Crippen molar-refractivity contribution in [3.8, 4) is 0 Å². The fourth-order valence-corrected chi connectivity index (χ4v) is 2.33. The van der Waals surface area contributed by atoms with Crippen LogP contribution in [0, 0.1) is 11.3 Å². The minimum absolute atomic E-state index is 0.297. The summed E-state index contributed by atoms with van der Waals surface area (Å²) in [6.07, 6.45) is 6.34. The zero-order chi connectivity index (χ0) is 11.3. The maximum Gasteiger partial charge on any atom is 0.0445 e. The summed E-state index contributed by atoms with van der Waals surface area (Å²) >= 11 is 0. The van der Waals surface area contributed by atoms with E-state index < -0.39 is 0 Å². The van der Waals surface area contributed by atoms with Crippen LogP contribution in [-0.4, -0.2) is 24.3 Å². The van der Waals surface area contributed by atoms with Crippen LogP contribution in [-0.2, 0) is 0 Å². The first-order valence-corrected chi connectivity index (χ1v) is 6.38. The molecule has 0 radical (unpaired) electrons. The Morgan fingerprint density at radius 2 is 1.93 bits per heavy atom. The van der Waals surface area contributed by atoms with Gasteiger partial charge in [-0.1, -0.05) is 13.8 Å². The smallest absolute Gasteiger partial charge is 0.0445 e. The van der Waals surface area contributed by atoms with Gasteiger partial charge in [0.25, 0.3) is 0 Å². The van der Waals surface area contributed by atoms with Crippen molar-refractivity contribution < 1.29 is 5.11 Å². The number of nitrogens with one attached hydrogen (secondary N) is 1. The predicted octanol–water partition coefficient (Wildman–Crippen LogP) is 2.56. The third-order valence-corrected chi connectivity index (χ3v) is 3.78. The van der Waals surface area contributed by atoms with Crippen LogP contribution in [0.1, 0.15) is 52.9 Å². The van der Waals surface area contributed by atoms with Crippen LogP contribution in [0.5, 0.6) is 0 Å². The van der Waals surface area contributed by atoms with Crippen LogP contribution < -0.4 is 5.32 Å². The second kappa shape index (κ2) is 5.86. The lowest BCUT2D eigenvalue weighted by atomic mass is 9.73. The van der Waals surface area contributed by atoms with E-state index >= 15 is 0 Å². The van der Waals surface area contributed by atoms with E-state index in [4.69, 9.17) is 5.11 Å². The first-order valence-electron chi connectivity index (χ1n) is 6.38. The molecule has 0 saturated heterocycles. The average Bonchev–Trinajstić information content (AvgIpc) is 2.17. The van der Waals surface area contributed by atoms with Gasteiger partial charge in [-0.3, -0.25) is 0 Å². The first-order chi connectivity index (χ1) is 7.03. The Labute approximate surface area is 94.5 Å². The Morgan fingerprint density at radius 3 is 2.47 bits per heavy atom. The second-order valence-corrected chi connectivity index (χ2v) is 5.93. The molecule has 0 aliphatic heterocycles. The SMILES string of the molecule is CC(CCO)NCC1CCC(C)(C)CC1. The topological polar surface area (TPSA) is 32.3 Å². The molecule has 0 amide bonds. The highest BCUT2D eigenvalue weighted by molar-refractivity contribution is 4.79. The Kier molecular flexibility index (Phi) is 5.07. The zero-order valence-corrected chi connectivity index (χ0v) is 10.6. The van der Waals surface area contributed by atoms with Gasteiger partial charge in [0.1, 0.15) is 0 Å². The summed E-state index contributed by atoms with van der Waals surface area (Å²) in [7, 11) is 0. The van der Waals surface area contributed by atoms with Gasteiger partial charge in [-0.2, -0.15) is 0 Å². The summed E-state index contributed by atoms with van der Waals surface area (Å²) in [5.74, 6) is 0.860. The predicted molar refractivity (Wildman–Crippen MR) is 64.9 cm³/mol. The molecule has 90 valence electrons. The summed E-state index contributed by atoms with van der Waals surface area (Å²) in [4.78, 5) is 0. The van der Waals surface area contributed by atoms with E-state index in [1.807, 2.05) is 0 Å². The van der Waals surface area contributed by atoms with Crippen LogP contribution in [0.4, 0.5) is 0 Å². The highest BCUT2D eigenvalue weighted by Gasteiger charge is 2.26. The van der Waals surface area contributed by atoms with Gasteiger partial charge in [-0.15, -0.1) is 0 Å². The highest BCUT2D eigenvalue weighted by atomic mass is 16.3. The molecule has 1 saturated carbocycles. The van der Waals surface area contributed by atoms with E-state index in [2.05, 4.69) is 26.1 Å². The third-order valence-electron chi connectivity index (χ3n) is 3.78. The fourth-order valence-electron chi connectivity index (χ4n) is 2.33. The number of aliphatic hydroxyl groups is 1. The summed E-state index contributed by atoms with van der Waals surface area (Å²) in [5.41, 5.74) is 0.577. The van der Waals surface area contributed by atoms with Crippen LogP contribution in [0.3, 0.4) is 0 Å². The molecule has 1 aliphatic rings. The van der Waals surface area contributed by atoms with E-state index in [0.29, 0.717) is 18.1 Å². The fraction of sp³-hybridized carbons (Fsp3) is 1.00. The molecular formula is C13H27NO. The Hall–Kier alpha value is -0.0800. The highest BCUT2D eigenvalue weighted by Crippen LogP contribution is 2.37. The van der Waals surface area contributed by atoms with Crippen molar-refractivity contribution in [3.05, 3.63) is 0 Å². The van der Waals surface area contributed by atoms with Crippen molar-refractivity contribution in [1.82, 2.24) is 5.32 Å². The van der Waals surface area contributed by atoms with Crippen molar-refractivity contribution in [2.75, 3.05) is 13.2 Å². The van der Waals surface area contributed by atoms with Crippen molar-refractivity contribution in [1.29, 1.82) is 0 Å². The Morgan fingerprint density at radius 1 is 1.33 bits per heavy atom. The molecule has 1 atom stereocenters. The van der Waals surface area contributed by atoms with Gasteiger partial charge in [-0.05, 0) is 56.9 Å². The lowest BCUT2D eigenvalue weighted by molar-refractivity contribution is 0.184. The van der Waals surface area contributed by atoms with E-state index in [1.165, 1.54) is 25.7 Å². The molecule has 0 aromatic heterocycles. The molecule has 1 aliphatic carbocycles. The van der Waals surface area contributed by atoms with Crippen LogP contribution in [0.15, 0.2) is 0 Å². The largest absolute Gasteiger partial charge is 0.396 e. The van der Waals surface area contributed by atoms with E-state index in [1.54, 1.807) is 0 Å². The minimum Gasteiger partial charge on any atom is -0.396 e. The Bertz CT molecular complexity index is 169. The van der Waals surface area contributed by atoms with Crippen LogP contribution >= 0.6 is 0 Å². The van der Waals surface area contributed by atoms with Gasteiger partial charge < -0.3 is 10.4 Å². The van der Waals surface area contributed by atoms with Gasteiger partial charge in [0.05, 0.1) is 0 Å². The molecule has 2 nitrogen and oxygen atoms in total. The van der Waals surface area contributed by atoms with Gasteiger partial charge >= 0.3 is 0 Å². The van der Waals surface area contributed by atoms with Crippen molar-refractivity contribution >= 4 is 0 Å². The minimum atomic E-state index is 0.297. The molecule has 1 unspecified atom stereocenters. The van der Waals surface area contributed by atoms with E-state index in [-0.39, 0.29) is 0 Å². The summed E-state index contributed by atoms with van der Waals surface area (Å²) < 4.78 is 0. The summed E-state index contributed by atoms with van der Waals surface area (Å²) in [5, 5.41) is 12.3. The molecule has 2 N–H and O–H groups in total. The lowest BCUT2D eigenvalue weighted by Gasteiger charge is -2.34. The molecule has 15 heavy (non-hydrogen) atoms. The van der Waals surface area contributed by atoms with E-state index in [9.17, 15) is 0 Å². The van der Waals surface area contributed by atoms with Crippen LogP contribution in [0.25, 0.3) is 0 Å².